The van der Waals surface area contributed by atoms with Crippen molar-refractivity contribution < 1.29 is 13.9 Å². The first-order valence-corrected chi connectivity index (χ1v) is 11.5. The summed E-state index contributed by atoms with van der Waals surface area (Å²) in [7, 11) is 0. The Morgan fingerprint density at radius 2 is 2.06 bits per heavy atom. The minimum absolute atomic E-state index is 0.223. The quantitative estimate of drug-likeness (QED) is 0.510. The van der Waals surface area contributed by atoms with E-state index in [9.17, 15) is 9.18 Å². The van der Waals surface area contributed by atoms with Crippen molar-refractivity contribution in [2.75, 3.05) is 10.2 Å². The Balaban J connectivity index is 1.35. The molecule has 2 aromatic heterocycles. The lowest BCUT2D eigenvalue weighted by Crippen LogP contribution is -2.40. The molecule has 1 aromatic carbocycles. The van der Waals surface area contributed by atoms with E-state index in [1.54, 1.807) is 23.4 Å². The van der Waals surface area contributed by atoms with Gasteiger partial charge in [-0.2, -0.15) is 0 Å². The Hall–Kier alpha value is -3.19. The van der Waals surface area contributed by atoms with Gasteiger partial charge in [0, 0.05) is 29.9 Å². The van der Waals surface area contributed by atoms with Crippen molar-refractivity contribution in [2.45, 2.75) is 51.2 Å². The molecule has 1 N–H and O–H groups in total. The highest BCUT2D eigenvalue weighted by Crippen LogP contribution is 2.46. The third-order valence-corrected chi connectivity index (χ3v) is 6.95. The lowest BCUT2D eigenvalue weighted by Gasteiger charge is -2.33. The van der Waals surface area contributed by atoms with Crippen LogP contribution in [-0.2, 0) is 13.0 Å². The highest BCUT2D eigenvalue weighted by Gasteiger charge is 2.35. The zero-order chi connectivity index (χ0) is 22.7. The number of anilines is 2. The molecule has 1 fully saturated rings. The predicted octanol–water partition coefficient (Wildman–Crippen LogP) is 6.07. The standard InChI is InChI=1S/C25H22ClFN4O2/c1-13-9-15-6-7-20(24-18(27)3-2-8-28-24)33-21(15)10-19(13)31-12-16-17(26)11-29-22(14-4-5-14)23(16)30-25(31)32/h2-3,8-11,14,20H,4-7,12H2,1H3,(H,30,32). The number of urea groups is 1. The van der Waals surface area contributed by atoms with Crippen molar-refractivity contribution in [3.05, 3.63) is 75.6 Å². The van der Waals surface area contributed by atoms with Gasteiger partial charge in [0.25, 0.3) is 0 Å². The SMILES string of the molecule is Cc1cc2c(cc1N1Cc3c(Cl)cnc(C4CC4)c3NC1=O)OC(c1ncccc1F)CC2. The highest BCUT2D eigenvalue weighted by atomic mass is 35.5. The van der Waals surface area contributed by atoms with Crippen LogP contribution < -0.4 is 15.0 Å². The fraction of sp³-hybridized carbons (Fsp3) is 0.320. The number of aromatic nitrogens is 2. The van der Waals surface area contributed by atoms with Crippen LogP contribution in [0, 0.1) is 12.7 Å². The second-order valence-electron chi connectivity index (χ2n) is 8.90. The summed E-state index contributed by atoms with van der Waals surface area (Å²) in [5, 5.41) is 3.57. The highest BCUT2D eigenvalue weighted by molar-refractivity contribution is 6.32. The smallest absolute Gasteiger partial charge is 0.326 e. The van der Waals surface area contributed by atoms with Gasteiger partial charge < -0.3 is 10.1 Å². The van der Waals surface area contributed by atoms with E-state index in [1.807, 2.05) is 19.1 Å². The molecular weight excluding hydrogens is 443 g/mol. The molecule has 168 valence electrons. The number of carbonyl (C=O) groups excluding carboxylic acids is 1. The minimum atomic E-state index is -0.466. The van der Waals surface area contributed by atoms with Gasteiger partial charge in [-0.1, -0.05) is 17.7 Å². The number of hydrogen-bond donors (Lipinski definition) is 1. The Labute approximate surface area is 195 Å². The van der Waals surface area contributed by atoms with Gasteiger partial charge in [0.1, 0.15) is 23.4 Å². The average Bonchev–Trinajstić information content (AvgIpc) is 3.64. The second kappa shape index (κ2) is 7.70. The lowest BCUT2D eigenvalue weighted by molar-refractivity contribution is 0.167. The molecule has 1 aliphatic carbocycles. The number of halogens is 2. The zero-order valence-corrected chi connectivity index (χ0v) is 18.8. The predicted molar refractivity (Wildman–Crippen MR) is 123 cm³/mol. The van der Waals surface area contributed by atoms with Gasteiger partial charge >= 0.3 is 6.03 Å². The molecular formula is C25H22ClFN4O2. The molecule has 2 aliphatic heterocycles. The van der Waals surface area contributed by atoms with Gasteiger partial charge in [-0.25, -0.2) is 9.18 Å². The summed E-state index contributed by atoms with van der Waals surface area (Å²) in [5.41, 5.74) is 5.60. The molecule has 8 heteroatoms. The van der Waals surface area contributed by atoms with Gasteiger partial charge in [0.15, 0.2) is 0 Å². The number of benzene rings is 1. The van der Waals surface area contributed by atoms with E-state index in [4.69, 9.17) is 16.3 Å². The molecule has 1 saturated carbocycles. The van der Waals surface area contributed by atoms with Crippen molar-refractivity contribution in [3.63, 3.8) is 0 Å². The molecule has 3 aromatic rings. The van der Waals surface area contributed by atoms with E-state index in [0.29, 0.717) is 35.3 Å². The Kier molecular flexibility index (Phi) is 4.76. The number of rotatable bonds is 3. The molecule has 1 unspecified atom stereocenters. The van der Waals surface area contributed by atoms with Gasteiger partial charge in [-0.3, -0.25) is 14.9 Å². The van der Waals surface area contributed by atoms with Gasteiger partial charge in [0.05, 0.1) is 28.6 Å². The van der Waals surface area contributed by atoms with Crippen molar-refractivity contribution in [2.24, 2.45) is 0 Å². The summed E-state index contributed by atoms with van der Waals surface area (Å²) < 4.78 is 20.5. The lowest BCUT2D eigenvalue weighted by atomic mass is 9.97. The number of nitrogens with zero attached hydrogens (tertiary/aromatic N) is 3. The maximum atomic E-state index is 14.3. The van der Waals surface area contributed by atoms with Crippen LogP contribution in [0.25, 0.3) is 0 Å². The van der Waals surface area contributed by atoms with E-state index in [-0.39, 0.29) is 11.8 Å². The third-order valence-electron chi connectivity index (χ3n) is 6.63. The number of aryl methyl sites for hydroxylation is 2. The Morgan fingerprint density at radius 1 is 1.21 bits per heavy atom. The van der Waals surface area contributed by atoms with E-state index in [1.165, 1.54) is 6.07 Å². The van der Waals surface area contributed by atoms with Crippen molar-refractivity contribution in [3.8, 4) is 5.75 Å². The van der Waals surface area contributed by atoms with E-state index >= 15 is 0 Å². The first kappa shape index (κ1) is 20.4. The first-order chi connectivity index (χ1) is 16.0. The summed E-state index contributed by atoms with van der Waals surface area (Å²) in [6.07, 6.45) is 6.34. The molecule has 33 heavy (non-hydrogen) atoms. The van der Waals surface area contributed by atoms with Gasteiger partial charge in [-0.15, -0.1) is 0 Å². The topological polar surface area (TPSA) is 67.4 Å². The van der Waals surface area contributed by atoms with Crippen LogP contribution in [0.2, 0.25) is 5.02 Å². The fourth-order valence-corrected chi connectivity index (χ4v) is 4.96. The zero-order valence-electron chi connectivity index (χ0n) is 18.1. The molecule has 1 atom stereocenters. The Bertz CT molecular complexity index is 1290. The number of carbonyl (C=O) groups is 1. The molecule has 0 saturated heterocycles. The average molecular weight is 465 g/mol. The molecule has 2 amide bonds. The maximum Gasteiger partial charge on any atom is 0.326 e. The molecule has 0 radical (unpaired) electrons. The molecule has 3 aliphatic rings. The molecule has 0 spiro atoms. The van der Waals surface area contributed by atoms with Crippen LogP contribution >= 0.6 is 11.6 Å². The fourth-order valence-electron chi connectivity index (χ4n) is 4.76. The normalized spacial score (nSPS) is 19.4. The largest absolute Gasteiger partial charge is 0.484 e. The van der Waals surface area contributed by atoms with Crippen molar-refractivity contribution in [1.82, 2.24) is 9.97 Å². The van der Waals surface area contributed by atoms with E-state index in [0.717, 1.165) is 53.0 Å². The molecule has 6 nitrogen and oxygen atoms in total. The summed E-state index contributed by atoms with van der Waals surface area (Å²) in [5.74, 6) is 0.667. The van der Waals surface area contributed by atoms with Crippen LogP contribution in [0.15, 0.2) is 36.7 Å². The van der Waals surface area contributed by atoms with Crippen LogP contribution in [0.3, 0.4) is 0 Å². The monoisotopic (exact) mass is 464 g/mol. The molecule has 0 bridgehead atoms. The number of ether oxygens (including phenoxy) is 1. The number of fused-ring (bicyclic) bond motifs is 2. The third kappa shape index (κ3) is 3.51. The maximum absolute atomic E-state index is 14.3. The van der Waals surface area contributed by atoms with Crippen LogP contribution in [0.1, 0.15) is 59.4 Å². The second-order valence-corrected chi connectivity index (χ2v) is 9.30. The number of amides is 2. The number of hydrogen-bond acceptors (Lipinski definition) is 4. The summed E-state index contributed by atoms with van der Waals surface area (Å²) in [4.78, 5) is 23.5. The van der Waals surface area contributed by atoms with Crippen LogP contribution in [-0.4, -0.2) is 16.0 Å². The molecule has 6 rings (SSSR count). The van der Waals surface area contributed by atoms with Gasteiger partial charge in [0.2, 0.25) is 0 Å². The minimum Gasteiger partial charge on any atom is -0.484 e. The summed E-state index contributed by atoms with van der Waals surface area (Å²) in [6, 6.07) is 6.66. The number of nitrogens with one attached hydrogen (secondary N) is 1. The van der Waals surface area contributed by atoms with Crippen molar-refractivity contribution >= 4 is 29.0 Å². The number of pyridine rings is 2. The van der Waals surface area contributed by atoms with E-state index in [2.05, 4.69) is 15.3 Å². The first-order valence-electron chi connectivity index (χ1n) is 11.2. The van der Waals surface area contributed by atoms with Crippen molar-refractivity contribution in [1.29, 1.82) is 0 Å². The Morgan fingerprint density at radius 3 is 2.85 bits per heavy atom. The summed E-state index contributed by atoms with van der Waals surface area (Å²) in [6.45, 7) is 2.33. The van der Waals surface area contributed by atoms with Crippen LogP contribution in [0.4, 0.5) is 20.6 Å². The van der Waals surface area contributed by atoms with E-state index < -0.39 is 6.10 Å². The molecule has 4 heterocycles. The van der Waals surface area contributed by atoms with Crippen LogP contribution in [0.5, 0.6) is 5.75 Å². The van der Waals surface area contributed by atoms with Gasteiger partial charge in [-0.05, 0) is 55.9 Å². The summed E-state index contributed by atoms with van der Waals surface area (Å²) >= 11 is 6.49.